The van der Waals surface area contributed by atoms with Crippen molar-refractivity contribution in [1.29, 1.82) is 0 Å². The number of hydrogen-bond acceptors (Lipinski definition) is 3. The second-order valence-electron chi connectivity index (χ2n) is 8.34. The van der Waals surface area contributed by atoms with Gasteiger partial charge in [0, 0.05) is 40.5 Å². The number of para-hydroxylation sites is 1. The number of hydrogen-bond donors (Lipinski definition) is 1. The molecule has 0 bridgehead atoms. The Hall–Kier alpha value is -2.86. The molecule has 2 aromatic carbocycles. The zero-order valence-electron chi connectivity index (χ0n) is 18.7. The Bertz CT molecular complexity index is 1310. The Kier molecular flexibility index (Phi) is 6.51. The molecule has 1 aliphatic rings. The molecule has 0 unspecified atom stereocenters. The van der Waals surface area contributed by atoms with E-state index in [2.05, 4.69) is 34.1 Å². The SMILES string of the molecule is C/C=C(\C=C/CCNC(=O)c1ccc2c(c1)c1ccccc1n2CC1CC1)S(=O)(=O)CC. The molecule has 6 heteroatoms. The molecule has 0 aliphatic heterocycles. The van der Waals surface area contributed by atoms with Crippen molar-refractivity contribution in [3.05, 3.63) is 71.2 Å². The van der Waals surface area contributed by atoms with Gasteiger partial charge in [-0.2, -0.15) is 0 Å². The van der Waals surface area contributed by atoms with Crippen LogP contribution >= 0.6 is 0 Å². The third kappa shape index (κ3) is 4.65. The van der Waals surface area contributed by atoms with Gasteiger partial charge in [0.05, 0.1) is 10.7 Å². The number of aromatic nitrogens is 1. The molecule has 32 heavy (non-hydrogen) atoms. The van der Waals surface area contributed by atoms with Gasteiger partial charge in [0.1, 0.15) is 0 Å². The van der Waals surface area contributed by atoms with Gasteiger partial charge < -0.3 is 9.88 Å². The first-order valence-electron chi connectivity index (χ1n) is 11.3. The van der Waals surface area contributed by atoms with E-state index < -0.39 is 9.84 Å². The van der Waals surface area contributed by atoms with Gasteiger partial charge in [-0.05, 0) is 62.4 Å². The van der Waals surface area contributed by atoms with Gasteiger partial charge in [-0.25, -0.2) is 8.42 Å². The molecular formula is C26H30N2O3S. The Morgan fingerprint density at radius 2 is 1.88 bits per heavy atom. The van der Waals surface area contributed by atoms with Crippen molar-refractivity contribution < 1.29 is 13.2 Å². The molecule has 0 saturated heterocycles. The third-order valence-electron chi connectivity index (χ3n) is 6.07. The number of fused-ring (bicyclic) bond motifs is 3. The predicted octanol–water partition coefficient (Wildman–Crippen LogP) is 5.22. The summed E-state index contributed by atoms with van der Waals surface area (Å²) in [6.07, 6.45) is 8.16. The number of benzene rings is 2. The first-order valence-corrected chi connectivity index (χ1v) is 12.9. The molecule has 0 spiro atoms. The molecule has 1 aromatic heterocycles. The molecule has 0 atom stereocenters. The van der Waals surface area contributed by atoms with Crippen LogP contribution in [0, 0.1) is 5.92 Å². The summed E-state index contributed by atoms with van der Waals surface area (Å²) in [5.74, 6) is 0.722. The molecule has 3 aromatic rings. The minimum absolute atomic E-state index is 0.0767. The normalized spacial score (nSPS) is 15.1. The van der Waals surface area contributed by atoms with Crippen LogP contribution in [0.5, 0.6) is 0 Å². The van der Waals surface area contributed by atoms with Gasteiger partial charge in [0.25, 0.3) is 5.91 Å². The van der Waals surface area contributed by atoms with E-state index in [1.54, 1.807) is 32.1 Å². The Morgan fingerprint density at radius 3 is 2.59 bits per heavy atom. The molecule has 4 rings (SSSR count). The quantitative estimate of drug-likeness (QED) is 0.359. The van der Waals surface area contributed by atoms with Crippen molar-refractivity contribution in [1.82, 2.24) is 9.88 Å². The summed E-state index contributed by atoms with van der Waals surface area (Å²) in [7, 11) is -3.21. The summed E-state index contributed by atoms with van der Waals surface area (Å²) < 4.78 is 26.3. The van der Waals surface area contributed by atoms with Crippen LogP contribution in [0.25, 0.3) is 21.8 Å². The van der Waals surface area contributed by atoms with E-state index >= 15 is 0 Å². The minimum atomic E-state index is -3.21. The smallest absolute Gasteiger partial charge is 0.251 e. The maximum atomic E-state index is 12.7. The summed E-state index contributed by atoms with van der Waals surface area (Å²) >= 11 is 0. The summed E-state index contributed by atoms with van der Waals surface area (Å²) in [6, 6.07) is 14.3. The zero-order valence-corrected chi connectivity index (χ0v) is 19.5. The monoisotopic (exact) mass is 450 g/mol. The fourth-order valence-corrected chi connectivity index (χ4v) is 5.06. The van der Waals surface area contributed by atoms with E-state index in [-0.39, 0.29) is 11.7 Å². The highest BCUT2D eigenvalue weighted by molar-refractivity contribution is 7.95. The highest BCUT2D eigenvalue weighted by Crippen LogP contribution is 2.36. The van der Waals surface area contributed by atoms with Gasteiger partial charge in [0.15, 0.2) is 9.84 Å². The van der Waals surface area contributed by atoms with E-state index in [9.17, 15) is 13.2 Å². The van der Waals surface area contributed by atoms with E-state index in [4.69, 9.17) is 0 Å². The van der Waals surface area contributed by atoms with Crippen molar-refractivity contribution in [3.63, 3.8) is 0 Å². The van der Waals surface area contributed by atoms with Crippen LogP contribution in [0.4, 0.5) is 0 Å². The standard InChI is InChI=1S/C26H30N2O3S/c1-3-21(32(30,31)4-2)9-7-8-16-27-26(29)20-14-15-25-23(17-20)22-10-5-6-11-24(22)28(25)18-19-12-13-19/h3,5-7,9-11,14-15,17,19H,4,8,12-13,16,18H2,1-2H3,(H,27,29)/b9-7-,21-3+. The largest absolute Gasteiger partial charge is 0.352 e. The zero-order chi connectivity index (χ0) is 22.7. The highest BCUT2D eigenvalue weighted by atomic mass is 32.2. The molecule has 1 aliphatic carbocycles. The van der Waals surface area contributed by atoms with Gasteiger partial charge in [-0.1, -0.05) is 37.3 Å². The van der Waals surface area contributed by atoms with Crippen LogP contribution < -0.4 is 5.32 Å². The number of allylic oxidation sites excluding steroid dienone is 2. The van der Waals surface area contributed by atoms with Gasteiger partial charge in [0.2, 0.25) is 0 Å². The lowest BCUT2D eigenvalue weighted by Gasteiger charge is -2.07. The number of amides is 1. The van der Waals surface area contributed by atoms with Crippen LogP contribution in [0.2, 0.25) is 0 Å². The second kappa shape index (κ2) is 9.33. The Labute approximate surface area is 189 Å². The van der Waals surface area contributed by atoms with E-state index in [1.165, 1.54) is 29.3 Å². The number of sulfone groups is 1. The van der Waals surface area contributed by atoms with Crippen molar-refractivity contribution in [2.24, 2.45) is 5.92 Å². The third-order valence-corrected chi connectivity index (χ3v) is 7.92. The van der Waals surface area contributed by atoms with Crippen LogP contribution in [0.3, 0.4) is 0 Å². The average Bonchev–Trinajstić information content (AvgIpc) is 3.58. The maximum absolute atomic E-state index is 12.7. The number of nitrogens with one attached hydrogen (secondary N) is 1. The number of carbonyl (C=O) groups is 1. The molecule has 1 fully saturated rings. The fourth-order valence-electron chi connectivity index (χ4n) is 4.07. The number of carbonyl (C=O) groups excluding carboxylic acids is 1. The van der Waals surface area contributed by atoms with Crippen LogP contribution in [-0.4, -0.2) is 31.2 Å². The molecule has 1 N–H and O–H groups in total. The first-order chi connectivity index (χ1) is 15.4. The predicted molar refractivity (Wildman–Crippen MR) is 131 cm³/mol. The molecular weight excluding hydrogens is 420 g/mol. The summed E-state index contributed by atoms with van der Waals surface area (Å²) in [4.78, 5) is 13.0. The average molecular weight is 451 g/mol. The summed E-state index contributed by atoms with van der Waals surface area (Å²) in [6.45, 7) is 4.82. The number of rotatable bonds is 9. The molecule has 0 radical (unpaired) electrons. The van der Waals surface area contributed by atoms with Crippen LogP contribution in [0.15, 0.2) is 65.6 Å². The highest BCUT2D eigenvalue weighted by Gasteiger charge is 2.24. The summed E-state index contributed by atoms with van der Waals surface area (Å²) in [5.41, 5.74) is 3.03. The first kappa shape index (κ1) is 22.3. The van der Waals surface area contributed by atoms with Crippen LogP contribution in [-0.2, 0) is 16.4 Å². The van der Waals surface area contributed by atoms with Crippen molar-refractivity contribution in [2.45, 2.75) is 39.7 Å². The lowest BCUT2D eigenvalue weighted by Crippen LogP contribution is -2.24. The van der Waals surface area contributed by atoms with Crippen molar-refractivity contribution >= 4 is 37.6 Å². The maximum Gasteiger partial charge on any atom is 0.251 e. The van der Waals surface area contributed by atoms with Crippen molar-refractivity contribution in [3.8, 4) is 0 Å². The molecule has 1 amide bonds. The molecule has 1 heterocycles. The van der Waals surface area contributed by atoms with Gasteiger partial charge in [-0.15, -0.1) is 0 Å². The Balaban J connectivity index is 1.46. The van der Waals surface area contributed by atoms with Gasteiger partial charge >= 0.3 is 0 Å². The lowest BCUT2D eigenvalue weighted by molar-refractivity contribution is 0.0954. The molecule has 168 valence electrons. The van der Waals surface area contributed by atoms with Gasteiger partial charge in [-0.3, -0.25) is 4.79 Å². The lowest BCUT2D eigenvalue weighted by atomic mass is 10.1. The Morgan fingerprint density at radius 1 is 1.12 bits per heavy atom. The van der Waals surface area contributed by atoms with E-state index in [1.807, 2.05) is 18.2 Å². The van der Waals surface area contributed by atoms with Crippen molar-refractivity contribution in [2.75, 3.05) is 12.3 Å². The fraction of sp³-hybridized carbons (Fsp3) is 0.346. The number of nitrogens with zero attached hydrogens (tertiary/aromatic N) is 1. The minimum Gasteiger partial charge on any atom is -0.352 e. The second-order valence-corrected chi connectivity index (χ2v) is 10.6. The summed E-state index contributed by atoms with van der Waals surface area (Å²) in [5, 5.41) is 5.22. The van der Waals surface area contributed by atoms with E-state index in [0.717, 1.165) is 17.8 Å². The topological polar surface area (TPSA) is 68.2 Å². The molecule has 5 nitrogen and oxygen atoms in total. The van der Waals surface area contributed by atoms with Crippen LogP contribution in [0.1, 0.15) is 43.5 Å². The molecule has 1 saturated carbocycles. The van der Waals surface area contributed by atoms with E-state index in [0.29, 0.717) is 23.4 Å².